The minimum atomic E-state index is -0.603. The van der Waals surface area contributed by atoms with E-state index in [1.165, 1.54) is 0 Å². The molecule has 98 valence electrons. The number of rotatable bonds is 4. The summed E-state index contributed by atoms with van der Waals surface area (Å²) in [4.78, 5) is 7.71. The highest BCUT2D eigenvalue weighted by Crippen LogP contribution is 2.27. The Kier molecular flexibility index (Phi) is 4.07. The van der Waals surface area contributed by atoms with Gasteiger partial charge < -0.3 is 10.1 Å². The zero-order valence-electron chi connectivity index (χ0n) is 10.7. The lowest BCUT2D eigenvalue weighted by Gasteiger charge is -2.09. The predicted molar refractivity (Wildman–Crippen MR) is 72.8 cm³/mol. The first kappa shape index (κ1) is 13.0. The Balaban J connectivity index is 2.35. The fraction of sp³-hybridized carbons (Fsp3) is 0.143. The Labute approximate surface area is 111 Å². The lowest BCUT2D eigenvalue weighted by Crippen LogP contribution is -2.00. The summed E-state index contributed by atoms with van der Waals surface area (Å²) in [5, 5.41) is 2.74. The van der Waals surface area contributed by atoms with E-state index in [2.05, 4.69) is 15.3 Å². The fourth-order valence-electron chi connectivity index (χ4n) is 1.54. The Morgan fingerprint density at radius 3 is 2.84 bits per heavy atom. The van der Waals surface area contributed by atoms with E-state index in [4.69, 9.17) is 4.74 Å². The molecule has 0 saturated carbocycles. The Bertz CT molecular complexity index is 599. The molecule has 5 heteroatoms. The average molecular weight is 259 g/mol. The van der Waals surface area contributed by atoms with E-state index in [9.17, 15) is 4.39 Å². The third-order valence-electron chi connectivity index (χ3n) is 2.41. The summed E-state index contributed by atoms with van der Waals surface area (Å²) < 4.78 is 19.1. The summed E-state index contributed by atoms with van der Waals surface area (Å²) in [7, 11) is 1.66. The maximum atomic E-state index is 13.6. The van der Waals surface area contributed by atoms with Crippen molar-refractivity contribution in [2.75, 3.05) is 12.4 Å². The first-order chi connectivity index (χ1) is 9.24. The normalized spacial score (nSPS) is 10.7. The van der Waals surface area contributed by atoms with Crippen molar-refractivity contribution < 1.29 is 9.13 Å². The minimum Gasteiger partial charge on any atom is -0.436 e. The molecule has 1 N–H and O–H groups in total. The van der Waals surface area contributed by atoms with Crippen LogP contribution in [0, 0.1) is 5.82 Å². The summed E-state index contributed by atoms with van der Waals surface area (Å²) in [5.41, 5.74) is 0.856. The van der Waals surface area contributed by atoms with Crippen molar-refractivity contribution in [1.82, 2.24) is 9.97 Å². The van der Waals surface area contributed by atoms with Gasteiger partial charge in [-0.2, -0.15) is 9.37 Å². The van der Waals surface area contributed by atoms with Gasteiger partial charge in [0.05, 0.1) is 6.20 Å². The first-order valence-corrected chi connectivity index (χ1v) is 5.84. The highest BCUT2D eigenvalue weighted by molar-refractivity contribution is 5.57. The number of allylic oxidation sites excluding steroid dienone is 1. The maximum Gasteiger partial charge on any atom is 0.260 e. The van der Waals surface area contributed by atoms with Gasteiger partial charge in [-0.3, -0.25) is 0 Å². The van der Waals surface area contributed by atoms with Crippen molar-refractivity contribution in [3.8, 4) is 11.6 Å². The number of anilines is 1. The van der Waals surface area contributed by atoms with Crippen LogP contribution in [-0.4, -0.2) is 17.0 Å². The summed E-state index contributed by atoms with van der Waals surface area (Å²) in [6, 6.07) is 7.35. The SMILES string of the molecule is C/C=C/c1ccccc1Oc1nc(NC)ncc1F. The monoisotopic (exact) mass is 259 g/mol. The second-order valence-electron chi connectivity index (χ2n) is 3.74. The number of aromatic nitrogens is 2. The maximum absolute atomic E-state index is 13.6. The van der Waals surface area contributed by atoms with Gasteiger partial charge in [-0.1, -0.05) is 30.4 Å². The van der Waals surface area contributed by atoms with Gasteiger partial charge in [0, 0.05) is 12.6 Å². The molecule has 0 amide bonds. The summed E-state index contributed by atoms with van der Waals surface area (Å²) in [6.45, 7) is 1.90. The standard InChI is InChI=1S/C14H14FN3O/c1-3-6-10-7-4-5-8-12(10)19-13-11(15)9-17-14(16-2)18-13/h3-9H,1-2H3,(H,16,17,18)/b6-3+. The van der Waals surface area contributed by atoms with E-state index < -0.39 is 5.82 Å². The van der Waals surface area contributed by atoms with E-state index in [0.29, 0.717) is 11.7 Å². The third-order valence-corrected chi connectivity index (χ3v) is 2.41. The molecule has 0 radical (unpaired) electrons. The van der Waals surface area contributed by atoms with Gasteiger partial charge in [0.1, 0.15) is 5.75 Å². The number of nitrogens with one attached hydrogen (secondary N) is 1. The van der Waals surface area contributed by atoms with Crippen molar-refractivity contribution in [3.63, 3.8) is 0 Å². The zero-order chi connectivity index (χ0) is 13.7. The average Bonchev–Trinajstić information content (AvgIpc) is 2.43. The van der Waals surface area contributed by atoms with Crippen molar-refractivity contribution in [3.05, 3.63) is 47.9 Å². The molecule has 1 aromatic heterocycles. The zero-order valence-corrected chi connectivity index (χ0v) is 10.7. The smallest absolute Gasteiger partial charge is 0.260 e. The molecule has 0 spiro atoms. The Hall–Kier alpha value is -2.43. The van der Waals surface area contributed by atoms with Crippen LogP contribution in [0.1, 0.15) is 12.5 Å². The van der Waals surface area contributed by atoms with Crippen LogP contribution in [0.5, 0.6) is 11.6 Å². The van der Waals surface area contributed by atoms with Crippen LogP contribution in [0.4, 0.5) is 10.3 Å². The van der Waals surface area contributed by atoms with Crippen molar-refractivity contribution in [2.45, 2.75) is 6.92 Å². The molecule has 0 aliphatic rings. The number of nitrogens with zero attached hydrogens (tertiary/aromatic N) is 2. The number of benzene rings is 1. The molecule has 2 rings (SSSR count). The minimum absolute atomic E-state index is 0.101. The highest BCUT2D eigenvalue weighted by atomic mass is 19.1. The van der Waals surface area contributed by atoms with Gasteiger partial charge in [-0.05, 0) is 13.0 Å². The summed E-state index contributed by atoms with van der Waals surface area (Å²) in [6.07, 6.45) is 4.84. The second kappa shape index (κ2) is 5.95. The van der Waals surface area contributed by atoms with E-state index in [-0.39, 0.29) is 5.88 Å². The molecule has 1 heterocycles. The van der Waals surface area contributed by atoms with E-state index in [1.807, 2.05) is 37.3 Å². The molecule has 1 aromatic carbocycles. The number of para-hydroxylation sites is 1. The number of ether oxygens (including phenoxy) is 1. The van der Waals surface area contributed by atoms with Gasteiger partial charge in [0.25, 0.3) is 5.88 Å². The van der Waals surface area contributed by atoms with Crippen LogP contribution in [0.15, 0.2) is 36.5 Å². The van der Waals surface area contributed by atoms with Crippen LogP contribution in [0.3, 0.4) is 0 Å². The van der Waals surface area contributed by atoms with Gasteiger partial charge in [0.2, 0.25) is 11.8 Å². The van der Waals surface area contributed by atoms with Crippen LogP contribution in [0.25, 0.3) is 6.08 Å². The Morgan fingerprint density at radius 2 is 2.11 bits per heavy atom. The van der Waals surface area contributed by atoms with Gasteiger partial charge >= 0.3 is 0 Å². The number of hydrogen-bond acceptors (Lipinski definition) is 4. The molecule has 4 nitrogen and oxygen atoms in total. The van der Waals surface area contributed by atoms with Crippen LogP contribution in [-0.2, 0) is 0 Å². The molecule has 0 atom stereocenters. The molecule has 2 aromatic rings. The number of hydrogen-bond donors (Lipinski definition) is 1. The molecular formula is C14H14FN3O. The fourth-order valence-corrected chi connectivity index (χ4v) is 1.54. The third kappa shape index (κ3) is 3.07. The van der Waals surface area contributed by atoms with Gasteiger partial charge in [-0.15, -0.1) is 0 Å². The van der Waals surface area contributed by atoms with Crippen molar-refractivity contribution >= 4 is 12.0 Å². The highest BCUT2D eigenvalue weighted by Gasteiger charge is 2.10. The topological polar surface area (TPSA) is 47.0 Å². The van der Waals surface area contributed by atoms with E-state index >= 15 is 0 Å². The predicted octanol–water partition coefficient (Wildman–Crippen LogP) is 3.48. The Morgan fingerprint density at radius 1 is 1.32 bits per heavy atom. The lowest BCUT2D eigenvalue weighted by atomic mass is 10.2. The second-order valence-corrected chi connectivity index (χ2v) is 3.74. The number of halogens is 1. The molecule has 0 unspecified atom stereocenters. The summed E-state index contributed by atoms with van der Waals surface area (Å²) >= 11 is 0. The summed E-state index contributed by atoms with van der Waals surface area (Å²) in [5.74, 6) is 0.144. The molecule has 0 bridgehead atoms. The van der Waals surface area contributed by atoms with Gasteiger partial charge in [0.15, 0.2) is 0 Å². The molecule has 0 aliphatic heterocycles. The molecule has 0 aliphatic carbocycles. The van der Waals surface area contributed by atoms with Crippen molar-refractivity contribution in [1.29, 1.82) is 0 Å². The molecular weight excluding hydrogens is 245 g/mol. The largest absolute Gasteiger partial charge is 0.436 e. The quantitative estimate of drug-likeness (QED) is 0.913. The first-order valence-electron chi connectivity index (χ1n) is 5.84. The van der Waals surface area contributed by atoms with Crippen LogP contribution < -0.4 is 10.1 Å². The van der Waals surface area contributed by atoms with Gasteiger partial charge in [-0.25, -0.2) is 4.98 Å². The molecule has 0 saturated heterocycles. The van der Waals surface area contributed by atoms with Crippen LogP contribution >= 0.6 is 0 Å². The van der Waals surface area contributed by atoms with Crippen molar-refractivity contribution in [2.24, 2.45) is 0 Å². The molecule has 0 fully saturated rings. The van der Waals surface area contributed by atoms with E-state index in [1.54, 1.807) is 13.1 Å². The van der Waals surface area contributed by atoms with Crippen LogP contribution in [0.2, 0.25) is 0 Å². The molecule has 19 heavy (non-hydrogen) atoms. The lowest BCUT2D eigenvalue weighted by molar-refractivity contribution is 0.420. The van der Waals surface area contributed by atoms with E-state index in [0.717, 1.165) is 11.8 Å².